The minimum Gasteiger partial charge on any atom is -0.376 e. The molecule has 0 radical (unpaired) electrons. The number of thiophene rings is 1. The molecule has 0 spiro atoms. The summed E-state index contributed by atoms with van der Waals surface area (Å²) in [4.78, 5) is 1.25. The molecule has 12 heavy (non-hydrogen) atoms. The number of hydrogen-bond donors (Lipinski definition) is 1. The molecule has 4 heteroatoms. The second kappa shape index (κ2) is 5.70. The molecule has 0 fully saturated rings. The Hall–Kier alpha value is 0.1000. The maximum atomic E-state index is 5.38. The fourth-order valence-corrected chi connectivity index (χ4v) is 2.17. The van der Waals surface area contributed by atoms with E-state index in [2.05, 4.69) is 27.4 Å². The van der Waals surface area contributed by atoms with Crippen LogP contribution in [0, 0.1) is 0 Å². The van der Waals surface area contributed by atoms with Crippen LogP contribution in [-0.4, -0.2) is 13.2 Å². The summed E-state index contributed by atoms with van der Waals surface area (Å²) in [5, 5.41) is 2.06. The van der Waals surface area contributed by atoms with E-state index in [9.17, 15) is 0 Å². The van der Waals surface area contributed by atoms with E-state index in [0.717, 1.165) is 17.5 Å². The van der Waals surface area contributed by atoms with E-state index >= 15 is 0 Å². The van der Waals surface area contributed by atoms with Crippen molar-refractivity contribution in [3.63, 3.8) is 0 Å². The molecule has 0 aliphatic heterocycles. The van der Waals surface area contributed by atoms with Crippen molar-refractivity contribution in [3.8, 4) is 0 Å². The molecule has 0 atom stereocenters. The van der Waals surface area contributed by atoms with Crippen molar-refractivity contribution in [1.29, 1.82) is 0 Å². The molecule has 0 unspecified atom stereocenters. The lowest BCUT2D eigenvalue weighted by Gasteiger charge is -1.99. The van der Waals surface area contributed by atoms with Gasteiger partial charge in [-0.2, -0.15) is 0 Å². The highest BCUT2D eigenvalue weighted by Gasteiger charge is 1.96. The van der Waals surface area contributed by atoms with Crippen LogP contribution in [0.25, 0.3) is 0 Å². The van der Waals surface area contributed by atoms with Crippen LogP contribution in [0.1, 0.15) is 11.3 Å². The quantitative estimate of drug-likeness (QED) is 0.814. The molecule has 0 saturated heterocycles. The summed E-state index contributed by atoms with van der Waals surface area (Å²) in [7, 11) is 0. The Labute approximate surface area is 84.9 Å². The summed E-state index contributed by atoms with van der Waals surface area (Å²) in [6.45, 7) is 2.16. The van der Waals surface area contributed by atoms with E-state index in [-0.39, 0.29) is 0 Å². The summed E-state index contributed by atoms with van der Waals surface area (Å²) in [6.07, 6.45) is 0.937. The molecule has 1 heterocycles. The predicted octanol–water partition coefficient (Wildman–Crippen LogP) is 2.38. The summed E-state index contributed by atoms with van der Waals surface area (Å²) >= 11 is 5.09. The zero-order chi connectivity index (χ0) is 8.81. The normalized spacial score (nSPS) is 10.5. The highest BCUT2D eigenvalue weighted by molar-refractivity contribution is 9.10. The summed E-state index contributed by atoms with van der Waals surface area (Å²) < 4.78 is 6.51. The van der Waals surface area contributed by atoms with Crippen LogP contribution in [0.3, 0.4) is 0 Å². The van der Waals surface area contributed by atoms with Gasteiger partial charge in [-0.15, -0.1) is 11.3 Å². The van der Waals surface area contributed by atoms with E-state index in [4.69, 9.17) is 10.5 Å². The van der Waals surface area contributed by atoms with E-state index in [1.54, 1.807) is 11.3 Å². The molecular weight excluding hydrogens is 238 g/mol. The van der Waals surface area contributed by atoms with Gasteiger partial charge in [0.05, 0.1) is 6.61 Å². The predicted molar refractivity (Wildman–Crippen MR) is 55.3 cm³/mol. The first-order valence-corrected chi connectivity index (χ1v) is 5.51. The van der Waals surface area contributed by atoms with Gasteiger partial charge in [-0.05, 0) is 35.0 Å². The number of halogens is 1. The van der Waals surface area contributed by atoms with Gasteiger partial charge in [0, 0.05) is 21.3 Å². The molecule has 68 valence electrons. The molecule has 1 rings (SSSR count). The minimum atomic E-state index is 0.703. The average Bonchev–Trinajstić information content (AvgIpc) is 2.45. The van der Waals surface area contributed by atoms with E-state index in [0.29, 0.717) is 13.2 Å². The first-order valence-electron chi connectivity index (χ1n) is 3.83. The van der Waals surface area contributed by atoms with Crippen molar-refractivity contribution >= 4 is 27.3 Å². The van der Waals surface area contributed by atoms with Gasteiger partial charge >= 0.3 is 0 Å². The second-order valence-electron chi connectivity index (χ2n) is 2.43. The Balaban J connectivity index is 2.15. The monoisotopic (exact) mass is 249 g/mol. The molecular formula is C8H12BrNOS. The zero-order valence-corrected chi connectivity index (χ0v) is 9.16. The third-order valence-electron chi connectivity index (χ3n) is 1.36. The average molecular weight is 250 g/mol. The highest BCUT2D eigenvalue weighted by Crippen LogP contribution is 2.20. The fraction of sp³-hybridized carbons (Fsp3) is 0.500. The van der Waals surface area contributed by atoms with Gasteiger partial charge in [-0.1, -0.05) is 0 Å². The molecule has 0 aliphatic carbocycles. The fourth-order valence-electron chi connectivity index (χ4n) is 0.788. The van der Waals surface area contributed by atoms with Crippen molar-refractivity contribution in [2.45, 2.75) is 13.0 Å². The molecule has 0 amide bonds. The topological polar surface area (TPSA) is 35.2 Å². The van der Waals surface area contributed by atoms with Crippen molar-refractivity contribution in [2.75, 3.05) is 13.2 Å². The van der Waals surface area contributed by atoms with Gasteiger partial charge < -0.3 is 10.5 Å². The molecule has 0 saturated carbocycles. The van der Waals surface area contributed by atoms with Gasteiger partial charge in [0.15, 0.2) is 0 Å². The second-order valence-corrected chi connectivity index (χ2v) is 4.34. The Kier molecular flexibility index (Phi) is 4.83. The Morgan fingerprint density at radius 2 is 2.42 bits per heavy atom. The molecule has 1 aromatic rings. The van der Waals surface area contributed by atoms with Crippen LogP contribution >= 0.6 is 27.3 Å². The van der Waals surface area contributed by atoms with E-state index in [1.807, 2.05) is 0 Å². The first-order chi connectivity index (χ1) is 5.83. The minimum absolute atomic E-state index is 0.703. The molecule has 1 aromatic heterocycles. The van der Waals surface area contributed by atoms with Crippen molar-refractivity contribution in [2.24, 2.45) is 5.73 Å². The van der Waals surface area contributed by atoms with Gasteiger partial charge in [0.1, 0.15) is 0 Å². The van der Waals surface area contributed by atoms with Crippen molar-refractivity contribution in [1.82, 2.24) is 0 Å². The largest absolute Gasteiger partial charge is 0.376 e. The Bertz CT molecular complexity index is 227. The van der Waals surface area contributed by atoms with Crippen molar-refractivity contribution in [3.05, 3.63) is 20.8 Å². The van der Waals surface area contributed by atoms with Crippen LogP contribution in [0.5, 0.6) is 0 Å². The number of ether oxygens (including phenoxy) is 1. The smallest absolute Gasteiger partial charge is 0.0809 e. The van der Waals surface area contributed by atoms with Crippen LogP contribution < -0.4 is 5.73 Å². The Morgan fingerprint density at radius 1 is 1.58 bits per heavy atom. The maximum absolute atomic E-state index is 5.38. The number of rotatable bonds is 5. The summed E-state index contributed by atoms with van der Waals surface area (Å²) in [5.74, 6) is 0. The van der Waals surface area contributed by atoms with Crippen LogP contribution in [0.15, 0.2) is 15.9 Å². The van der Waals surface area contributed by atoms with Gasteiger partial charge in [0.25, 0.3) is 0 Å². The van der Waals surface area contributed by atoms with Gasteiger partial charge in [-0.3, -0.25) is 0 Å². The summed E-state index contributed by atoms with van der Waals surface area (Å²) in [6, 6.07) is 2.08. The van der Waals surface area contributed by atoms with Gasteiger partial charge in [0.2, 0.25) is 0 Å². The first kappa shape index (κ1) is 10.2. The van der Waals surface area contributed by atoms with Crippen molar-refractivity contribution < 1.29 is 4.74 Å². The molecule has 2 N–H and O–H groups in total. The lowest BCUT2D eigenvalue weighted by atomic mass is 10.4. The third kappa shape index (κ3) is 3.67. The molecule has 0 bridgehead atoms. The third-order valence-corrected chi connectivity index (χ3v) is 3.03. The molecule has 0 aromatic carbocycles. The maximum Gasteiger partial charge on any atom is 0.0809 e. The summed E-state index contributed by atoms with van der Waals surface area (Å²) in [5.41, 5.74) is 5.33. The van der Waals surface area contributed by atoms with Crippen LogP contribution in [0.2, 0.25) is 0 Å². The van der Waals surface area contributed by atoms with Crippen LogP contribution in [-0.2, 0) is 11.3 Å². The lowest BCUT2D eigenvalue weighted by molar-refractivity contribution is 0.122. The van der Waals surface area contributed by atoms with Gasteiger partial charge in [-0.25, -0.2) is 0 Å². The van der Waals surface area contributed by atoms with E-state index in [1.165, 1.54) is 4.88 Å². The SMILES string of the molecule is NCCCOCc1cc(Br)cs1. The van der Waals surface area contributed by atoms with Crippen LogP contribution in [0.4, 0.5) is 0 Å². The number of hydrogen-bond acceptors (Lipinski definition) is 3. The molecule has 2 nitrogen and oxygen atoms in total. The number of nitrogens with two attached hydrogens (primary N) is 1. The highest BCUT2D eigenvalue weighted by atomic mass is 79.9. The Morgan fingerprint density at radius 3 is 3.00 bits per heavy atom. The zero-order valence-electron chi connectivity index (χ0n) is 6.75. The van der Waals surface area contributed by atoms with E-state index < -0.39 is 0 Å². The molecule has 0 aliphatic rings. The lowest BCUT2D eigenvalue weighted by Crippen LogP contribution is -2.03. The standard InChI is InChI=1S/C8H12BrNOS/c9-7-4-8(12-6-7)5-11-3-1-2-10/h4,6H,1-3,5,10H2.